The highest BCUT2D eigenvalue weighted by atomic mass is 14.5. The predicted molar refractivity (Wildman–Crippen MR) is 96.8 cm³/mol. The lowest BCUT2D eigenvalue weighted by molar-refractivity contribution is 1.56. The summed E-state index contributed by atoms with van der Waals surface area (Å²) < 4.78 is 0. The molecule has 1 heteroatoms. The molecule has 5 aromatic rings. The van der Waals surface area contributed by atoms with Gasteiger partial charge in [-0.05, 0) is 56.3 Å². The van der Waals surface area contributed by atoms with Gasteiger partial charge in [-0.25, -0.2) is 0 Å². The number of anilines is 1. The molecular formula is C21H15N. The molecular weight excluding hydrogens is 266 g/mol. The average Bonchev–Trinajstić information content (AvgIpc) is 2.54. The van der Waals surface area contributed by atoms with E-state index in [-0.39, 0.29) is 0 Å². The van der Waals surface area contributed by atoms with E-state index in [1.807, 2.05) is 6.07 Å². The molecule has 0 aliphatic rings. The van der Waals surface area contributed by atoms with Crippen LogP contribution in [0.1, 0.15) is 5.56 Å². The largest absolute Gasteiger partial charge is 0.398 e. The van der Waals surface area contributed by atoms with Crippen LogP contribution in [0.25, 0.3) is 43.1 Å². The van der Waals surface area contributed by atoms with Gasteiger partial charge in [0.15, 0.2) is 0 Å². The first-order chi connectivity index (χ1) is 10.8. The molecule has 0 aliphatic carbocycles. The summed E-state index contributed by atoms with van der Waals surface area (Å²) in [4.78, 5) is 0. The number of rotatable bonds is 0. The van der Waals surface area contributed by atoms with E-state index < -0.39 is 0 Å². The zero-order valence-electron chi connectivity index (χ0n) is 12.4. The maximum Gasteiger partial charge on any atom is 0.0394 e. The van der Waals surface area contributed by atoms with E-state index in [0.29, 0.717) is 0 Å². The molecule has 2 N–H and O–H groups in total. The van der Waals surface area contributed by atoms with Crippen LogP contribution in [-0.2, 0) is 0 Å². The zero-order valence-corrected chi connectivity index (χ0v) is 12.4. The normalized spacial score (nSPS) is 12.0. The molecule has 0 atom stereocenters. The van der Waals surface area contributed by atoms with Crippen LogP contribution in [-0.4, -0.2) is 0 Å². The molecule has 0 saturated heterocycles. The molecule has 0 aromatic heterocycles. The van der Waals surface area contributed by atoms with E-state index in [4.69, 9.17) is 5.73 Å². The molecule has 22 heavy (non-hydrogen) atoms. The maximum absolute atomic E-state index is 6.24. The van der Waals surface area contributed by atoms with Gasteiger partial charge in [0, 0.05) is 11.1 Å². The summed E-state index contributed by atoms with van der Waals surface area (Å²) in [5.41, 5.74) is 8.40. The minimum Gasteiger partial charge on any atom is -0.398 e. The number of hydrogen-bond donors (Lipinski definition) is 1. The second-order valence-electron chi connectivity index (χ2n) is 6.09. The highest BCUT2D eigenvalue weighted by Gasteiger charge is 2.14. The topological polar surface area (TPSA) is 26.0 Å². The Labute approximate surface area is 128 Å². The van der Waals surface area contributed by atoms with Crippen molar-refractivity contribution in [2.45, 2.75) is 6.92 Å². The van der Waals surface area contributed by atoms with Crippen molar-refractivity contribution < 1.29 is 0 Å². The summed E-state index contributed by atoms with van der Waals surface area (Å²) in [6.45, 7) is 2.19. The highest BCUT2D eigenvalue weighted by Crippen LogP contribution is 2.42. The first-order valence-corrected chi connectivity index (χ1v) is 7.60. The summed E-state index contributed by atoms with van der Waals surface area (Å²) in [5.74, 6) is 0. The molecule has 104 valence electrons. The molecule has 5 aromatic carbocycles. The Balaban J connectivity index is 2.31. The van der Waals surface area contributed by atoms with Crippen molar-refractivity contribution in [3.8, 4) is 0 Å². The van der Waals surface area contributed by atoms with E-state index in [1.54, 1.807) is 0 Å². The maximum atomic E-state index is 6.24. The Morgan fingerprint density at radius 3 is 2.09 bits per heavy atom. The minimum absolute atomic E-state index is 0.853. The standard InChI is InChI=1S/C21H15N/c1-12-8-9-16-18(22)11-10-15-14-6-2-4-13-5-3-7-17(20(13)14)19(12)21(15)16/h2-11H,22H2,1H3. The average molecular weight is 281 g/mol. The fourth-order valence-electron chi connectivity index (χ4n) is 3.92. The molecule has 0 aliphatic heterocycles. The second kappa shape index (κ2) is 3.89. The van der Waals surface area contributed by atoms with Gasteiger partial charge in [0.1, 0.15) is 0 Å². The van der Waals surface area contributed by atoms with Crippen LogP contribution in [0.5, 0.6) is 0 Å². The van der Waals surface area contributed by atoms with Crippen molar-refractivity contribution >= 4 is 48.8 Å². The lowest BCUT2D eigenvalue weighted by atomic mass is 9.87. The Morgan fingerprint density at radius 1 is 0.591 bits per heavy atom. The van der Waals surface area contributed by atoms with Gasteiger partial charge in [-0.1, -0.05) is 54.6 Å². The first kappa shape index (κ1) is 11.8. The SMILES string of the molecule is Cc1ccc2c(N)ccc3c4cccc5cccc(c1c23)c54. The molecule has 5 rings (SSSR count). The third kappa shape index (κ3) is 1.29. The van der Waals surface area contributed by atoms with E-state index in [1.165, 1.54) is 43.3 Å². The van der Waals surface area contributed by atoms with Crippen LogP contribution in [0.2, 0.25) is 0 Å². The van der Waals surface area contributed by atoms with Crippen molar-refractivity contribution in [3.05, 3.63) is 66.2 Å². The number of aryl methyl sites for hydroxylation is 1. The number of fused-ring (bicyclic) bond motifs is 2. The Hall–Kier alpha value is -2.80. The molecule has 0 spiro atoms. The van der Waals surface area contributed by atoms with Crippen molar-refractivity contribution in [2.75, 3.05) is 5.73 Å². The van der Waals surface area contributed by atoms with Gasteiger partial charge < -0.3 is 5.73 Å². The third-order valence-electron chi connectivity index (χ3n) is 4.89. The molecule has 0 unspecified atom stereocenters. The number of hydrogen-bond acceptors (Lipinski definition) is 1. The number of benzene rings is 5. The summed E-state index contributed by atoms with van der Waals surface area (Å²) in [7, 11) is 0. The van der Waals surface area contributed by atoms with Crippen LogP contribution in [0.15, 0.2) is 60.7 Å². The molecule has 0 bridgehead atoms. The first-order valence-electron chi connectivity index (χ1n) is 7.60. The zero-order chi connectivity index (χ0) is 14.8. The van der Waals surface area contributed by atoms with Crippen LogP contribution in [0.4, 0.5) is 5.69 Å². The van der Waals surface area contributed by atoms with Crippen molar-refractivity contribution in [2.24, 2.45) is 0 Å². The predicted octanol–water partition coefficient (Wildman–Crippen LogP) is 5.63. The van der Waals surface area contributed by atoms with E-state index >= 15 is 0 Å². The quantitative estimate of drug-likeness (QED) is 0.222. The van der Waals surface area contributed by atoms with Crippen molar-refractivity contribution in [1.29, 1.82) is 0 Å². The van der Waals surface area contributed by atoms with Gasteiger partial charge in [0.25, 0.3) is 0 Å². The minimum atomic E-state index is 0.853. The molecule has 0 saturated carbocycles. The molecule has 0 fully saturated rings. The van der Waals surface area contributed by atoms with Gasteiger partial charge in [-0.2, -0.15) is 0 Å². The summed E-state index contributed by atoms with van der Waals surface area (Å²) in [6.07, 6.45) is 0. The fraction of sp³-hybridized carbons (Fsp3) is 0.0476. The van der Waals surface area contributed by atoms with Crippen molar-refractivity contribution in [3.63, 3.8) is 0 Å². The molecule has 0 heterocycles. The molecule has 1 nitrogen and oxygen atoms in total. The Bertz CT molecular complexity index is 1180. The van der Waals surface area contributed by atoms with E-state index in [2.05, 4.69) is 61.5 Å². The third-order valence-corrected chi connectivity index (χ3v) is 4.89. The van der Waals surface area contributed by atoms with Gasteiger partial charge >= 0.3 is 0 Å². The Kier molecular flexibility index (Phi) is 2.09. The van der Waals surface area contributed by atoms with Gasteiger partial charge in [0.2, 0.25) is 0 Å². The van der Waals surface area contributed by atoms with Crippen molar-refractivity contribution in [1.82, 2.24) is 0 Å². The lowest BCUT2D eigenvalue weighted by Gasteiger charge is -2.16. The molecule has 0 amide bonds. The van der Waals surface area contributed by atoms with Gasteiger partial charge in [0.05, 0.1) is 0 Å². The van der Waals surface area contributed by atoms with Gasteiger partial charge in [-0.15, -0.1) is 0 Å². The summed E-state index contributed by atoms with van der Waals surface area (Å²) in [5, 5.41) is 10.4. The highest BCUT2D eigenvalue weighted by molar-refractivity contribution is 6.34. The summed E-state index contributed by atoms with van der Waals surface area (Å²) >= 11 is 0. The monoisotopic (exact) mass is 281 g/mol. The number of nitrogens with two attached hydrogens (primary N) is 1. The van der Waals surface area contributed by atoms with Crippen LogP contribution >= 0.6 is 0 Å². The van der Waals surface area contributed by atoms with Crippen LogP contribution < -0.4 is 5.73 Å². The lowest BCUT2D eigenvalue weighted by Crippen LogP contribution is -1.92. The molecule has 0 radical (unpaired) electrons. The van der Waals surface area contributed by atoms with Crippen LogP contribution in [0, 0.1) is 6.92 Å². The van der Waals surface area contributed by atoms with E-state index in [0.717, 1.165) is 11.1 Å². The van der Waals surface area contributed by atoms with Crippen LogP contribution in [0.3, 0.4) is 0 Å². The summed E-state index contributed by atoms with van der Waals surface area (Å²) in [6, 6.07) is 21.7. The number of nitrogen functional groups attached to an aromatic ring is 1. The van der Waals surface area contributed by atoms with Gasteiger partial charge in [-0.3, -0.25) is 0 Å². The second-order valence-corrected chi connectivity index (χ2v) is 6.09. The fourth-order valence-corrected chi connectivity index (χ4v) is 3.92. The van der Waals surface area contributed by atoms with E-state index in [9.17, 15) is 0 Å². The smallest absolute Gasteiger partial charge is 0.0394 e. The Morgan fingerprint density at radius 2 is 1.27 bits per heavy atom.